The van der Waals surface area contributed by atoms with Crippen LogP contribution in [-0.2, 0) is 10.0 Å². The predicted molar refractivity (Wildman–Crippen MR) is 83.4 cm³/mol. The van der Waals surface area contributed by atoms with E-state index in [4.69, 9.17) is 5.73 Å². The number of rotatable bonds is 3. The highest BCUT2D eigenvalue weighted by atomic mass is 32.2. The Kier molecular flexibility index (Phi) is 3.23. The summed E-state index contributed by atoms with van der Waals surface area (Å²) >= 11 is 0. The van der Waals surface area contributed by atoms with Crippen molar-refractivity contribution in [2.24, 2.45) is 0 Å². The molecule has 0 aliphatic rings. The van der Waals surface area contributed by atoms with Crippen molar-refractivity contribution in [2.75, 3.05) is 10.5 Å². The van der Waals surface area contributed by atoms with E-state index in [1.165, 1.54) is 12.4 Å². The number of hydrogen-bond donors (Lipinski definition) is 2. The van der Waals surface area contributed by atoms with Crippen LogP contribution in [0.5, 0.6) is 0 Å². The second-order valence-electron chi connectivity index (χ2n) is 4.58. The topological polar surface area (TPSA) is 85.1 Å². The summed E-state index contributed by atoms with van der Waals surface area (Å²) in [4.78, 5) is 4.08. The second-order valence-corrected chi connectivity index (χ2v) is 6.23. The summed E-state index contributed by atoms with van der Waals surface area (Å²) in [6.07, 6.45) is 3.06. The average molecular weight is 299 g/mol. The molecule has 5 nitrogen and oxygen atoms in total. The van der Waals surface area contributed by atoms with Gasteiger partial charge in [0.15, 0.2) is 0 Å². The molecule has 0 spiro atoms. The molecule has 0 saturated carbocycles. The van der Waals surface area contributed by atoms with Crippen LogP contribution in [0.15, 0.2) is 65.8 Å². The summed E-state index contributed by atoms with van der Waals surface area (Å²) in [5, 5.41) is 1.42. The van der Waals surface area contributed by atoms with Gasteiger partial charge in [0.2, 0.25) is 0 Å². The van der Waals surface area contributed by atoms with Gasteiger partial charge < -0.3 is 5.73 Å². The zero-order valence-corrected chi connectivity index (χ0v) is 11.8. The molecule has 1 aromatic heterocycles. The normalized spacial score (nSPS) is 11.4. The molecule has 0 aliphatic carbocycles. The first-order valence-electron chi connectivity index (χ1n) is 6.27. The van der Waals surface area contributed by atoms with Crippen molar-refractivity contribution < 1.29 is 8.42 Å². The number of nitrogens with two attached hydrogens (primary N) is 1. The molecule has 3 aromatic rings. The highest BCUT2D eigenvalue weighted by molar-refractivity contribution is 7.93. The minimum atomic E-state index is -3.67. The smallest absolute Gasteiger partial charge is 0.262 e. The third-order valence-electron chi connectivity index (χ3n) is 3.09. The Hall–Kier alpha value is -2.60. The molecule has 2 aromatic carbocycles. The van der Waals surface area contributed by atoms with E-state index < -0.39 is 10.0 Å². The van der Waals surface area contributed by atoms with Crippen LogP contribution in [0.1, 0.15) is 0 Å². The lowest BCUT2D eigenvalue weighted by molar-refractivity contribution is 0.602. The van der Waals surface area contributed by atoms with Crippen LogP contribution in [0, 0.1) is 0 Å². The molecular formula is C15H13N3O2S. The highest BCUT2D eigenvalue weighted by Gasteiger charge is 2.17. The van der Waals surface area contributed by atoms with Gasteiger partial charge in [-0.3, -0.25) is 9.71 Å². The van der Waals surface area contributed by atoms with Gasteiger partial charge in [-0.1, -0.05) is 18.2 Å². The van der Waals surface area contributed by atoms with Gasteiger partial charge >= 0.3 is 0 Å². The van der Waals surface area contributed by atoms with Gasteiger partial charge in [0, 0.05) is 23.5 Å². The fourth-order valence-corrected chi connectivity index (χ4v) is 3.43. The molecule has 1 heterocycles. The Balaban J connectivity index is 2.11. The van der Waals surface area contributed by atoms with Crippen molar-refractivity contribution in [3.63, 3.8) is 0 Å². The monoisotopic (exact) mass is 299 g/mol. The van der Waals surface area contributed by atoms with E-state index in [2.05, 4.69) is 9.71 Å². The van der Waals surface area contributed by atoms with E-state index in [0.29, 0.717) is 16.8 Å². The molecule has 0 bridgehead atoms. The van der Waals surface area contributed by atoms with Gasteiger partial charge in [-0.2, -0.15) is 0 Å². The number of pyridine rings is 1. The number of nitrogens with zero attached hydrogens (tertiary/aromatic N) is 1. The van der Waals surface area contributed by atoms with Crippen molar-refractivity contribution in [3.8, 4) is 0 Å². The summed E-state index contributed by atoms with van der Waals surface area (Å²) in [6, 6.07) is 13.4. The number of nitrogen functional groups attached to an aromatic ring is 1. The van der Waals surface area contributed by atoms with E-state index >= 15 is 0 Å². The van der Waals surface area contributed by atoms with Crippen LogP contribution in [0.25, 0.3) is 10.8 Å². The molecule has 21 heavy (non-hydrogen) atoms. The second kappa shape index (κ2) is 5.06. The SMILES string of the molecule is Nc1ccc2c(S(=O)(=O)Nc3ccncc3)cccc2c1. The lowest BCUT2D eigenvalue weighted by atomic mass is 10.1. The van der Waals surface area contributed by atoms with E-state index in [9.17, 15) is 8.42 Å². The Morgan fingerprint density at radius 2 is 1.76 bits per heavy atom. The fourth-order valence-electron chi connectivity index (χ4n) is 2.14. The van der Waals surface area contributed by atoms with Crippen LogP contribution in [0.2, 0.25) is 0 Å². The Labute approximate surface area is 122 Å². The van der Waals surface area contributed by atoms with Gasteiger partial charge in [0.1, 0.15) is 0 Å². The first-order valence-corrected chi connectivity index (χ1v) is 7.76. The molecule has 0 amide bonds. The number of sulfonamides is 1. The Morgan fingerprint density at radius 1 is 1.00 bits per heavy atom. The Bertz CT molecular complexity index is 893. The lowest BCUT2D eigenvalue weighted by Gasteiger charge is -2.10. The fraction of sp³-hybridized carbons (Fsp3) is 0. The van der Waals surface area contributed by atoms with Crippen molar-refractivity contribution in [3.05, 3.63) is 60.9 Å². The van der Waals surface area contributed by atoms with E-state index in [1.54, 1.807) is 42.5 Å². The third-order valence-corrected chi connectivity index (χ3v) is 4.53. The number of anilines is 2. The first-order chi connectivity index (χ1) is 10.1. The van der Waals surface area contributed by atoms with Gasteiger partial charge in [0.25, 0.3) is 10.0 Å². The predicted octanol–water partition coefficient (Wildman–Crippen LogP) is 2.62. The maximum atomic E-state index is 12.5. The molecule has 0 fully saturated rings. The molecule has 3 rings (SSSR count). The molecule has 0 atom stereocenters. The summed E-state index contributed by atoms with van der Waals surface area (Å²) in [5.41, 5.74) is 6.80. The van der Waals surface area contributed by atoms with Crippen molar-refractivity contribution in [1.29, 1.82) is 0 Å². The minimum absolute atomic E-state index is 0.219. The number of aromatic nitrogens is 1. The summed E-state index contributed by atoms with van der Waals surface area (Å²) < 4.78 is 27.6. The molecule has 0 aliphatic heterocycles. The lowest BCUT2D eigenvalue weighted by Crippen LogP contribution is -2.13. The van der Waals surface area contributed by atoms with Gasteiger partial charge in [-0.05, 0) is 35.7 Å². The average Bonchev–Trinajstić information content (AvgIpc) is 2.47. The quantitative estimate of drug-likeness (QED) is 0.728. The maximum absolute atomic E-state index is 12.5. The van der Waals surface area contributed by atoms with E-state index in [-0.39, 0.29) is 4.90 Å². The van der Waals surface area contributed by atoms with Crippen LogP contribution in [0.3, 0.4) is 0 Å². The number of benzene rings is 2. The summed E-state index contributed by atoms with van der Waals surface area (Å²) in [6.45, 7) is 0. The standard InChI is InChI=1S/C15H13N3O2S/c16-12-4-5-14-11(10-12)2-1-3-15(14)21(19,20)18-13-6-8-17-9-7-13/h1-10H,16H2,(H,17,18). The first kappa shape index (κ1) is 13.4. The summed E-state index contributed by atoms with van der Waals surface area (Å²) in [5.74, 6) is 0. The molecular weight excluding hydrogens is 286 g/mol. The largest absolute Gasteiger partial charge is 0.399 e. The zero-order valence-electron chi connectivity index (χ0n) is 11.0. The van der Waals surface area contributed by atoms with Crippen molar-refractivity contribution >= 4 is 32.2 Å². The molecule has 106 valence electrons. The Morgan fingerprint density at radius 3 is 2.52 bits per heavy atom. The van der Waals surface area contributed by atoms with Crippen LogP contribution >= 0.6 is 0 Å². The van der Waals surface area contributed by atoms with Crippen molar-refractivity contribution in [2.45, 2.75) is 4.90 Å². The molecule has 0 radical (unpaired) electrons. The van der Waals surface area contributed by atoms with Crippen LogP contribution in [-0.4, -0.2) is 13.4 Å². The number of fused-ring (bicyclic) bond motifs is 1. The molecule has 6 heteroatoms. The van der Waals surface area contributed by atoms with E-state index in [0.717, 1.165) is 5.39 Å². The van der Waals surface area contributed by atoms with Gasteiger partial charge in [-0.25, -0.2) is 8.42 Å². The van der Waals surface area contributed by atoms with E-state index in [1.807, 2.05) is 6.07 Å². The van der Waals surface area contributed by atoms with Gasteiger partial charge in [-0.15, -0.1) is 0 Å². The highest BCUT2D eigenvalue weighted by Crippen LogP contribution is 2.26. The van der Waals surface area contributed by atoms with Crippen LogP contribution in [0.4, 0.5) is 11.4 Å². The minimum Gasteiger partial charge on any atom is -0.399 e. The number of nitrogens with one attached hydrogen (secondary N) is 1. The maximum Gasteiger partial charge on any atom is 0.262 e. The zero-order chi connectivity index (χ0) is 14.9. The summed E-state index contributed by atoms with van der Waals surface area (Å²) in [7, 11) is -3.67. The number of hydrogen-bond acceptors (Lipinski definition) is 4. The van der Waals surface area contributed by atoms with Crippen LogP contribution < -0.4 is 10.5 Å². The van der Waals surface area contributed by atoms with Crippen molar-refractivity contribution in [1.82, 2.24) is 4.98 Å². The molecule has 0 saturated heterocycles. The van der Waals surface area contributed by atoms with Gasteiger partial charge in [0.05, 0.1) is 10.6 Å². The molecule has 0 unspecified atom stereocenters. The third kappa shape index (κ3) is 2.66. The molecule has 3 N–H and O–H groups in total.